The largest absolute Gasteiger partial charge is 0.459 e. The number of rotatable bonds is 10. The van der Waals surface area contributed by atoms with Crippen molar-refractivity contribution >= 4 is 11.9 Å². The highest BCUT2D eigenvalue weighted by Crippen LogP contribution is 2.40. The second-order valence-electron chi connectivity index (χ2n) is 18.2. The molecule has 3 heterocycles. The molecule has 15 nitrogen and oxygen atoms in total. The second kappa shape index (κ2) is 20.8. The summed E-state index contributed by atoms with van der Waals surface area (Å²) in [5, 5.41) is 36.0. The van der Waals surface area contributed by atoms with Crippen molar-refractivity contribution in [2.24, 2.45) is 17.8 Å². The van der Waals surface area contributed by atoms with E-state index < -0.39 is 102 Å². The van der Waals surface area contributed by atoms with Gasteiger partial charge in [-0.15, -0.1) is 6.42 Å². The number of carbonyl (C=O) groups excluding carboxylic acids is 2. The minimum Gasteiger partial charge on any atom is -0.459 e. The Morgan fingerprint density at radius 1 is 1.02 bits per heavy atom. The van der Waals surface area contributed by atoms with Crippen LogP contribution in [0.25, 0.3) is 0 Å². The van der Waals surface area contributed by atoms with Crippen molar-refractivity contribution in [2.45, 2.75) is 192 Å². The summed E-state index contributed by atoms with van der Waals surface area (Å²) < 4.78 is 50.4. The zero-order chi connectivity index (χ0) is 44.1. The van der Waals surface area contributed by atoms with Crippen LogP contribution in [0.1, 0.15) is 102 Å². The van der Waals surface area contributed by atoms with Gasteiger partial charge in [0.15, 0.2) is 18.7 Å². The Balaban J connectivity index is 2.25. The minimum atomic E-state index is -1.68. The molecule has 0 aromatic heterocycles. The number of carbonyl (C=O) groups is 2. The van der Waals surface area contributed by atoms with Gasteiger partial charge in [0.1, 0.15) is 30.5 Å². The molecule has 336 valence electrons. The first-order valence-corrected chi connectivity index (χ1v) is 20.9. The summed E-state index contributed by atoms with van der Waals surface area (Å²) in [4.78, 5) is 31.1. The molecule has 0 aliphatic carbocycles. The summed E-state index contributed by atoms with van der Waals surface area (Å²) in [7, 11) is 7.21. The summed E-state index contributed by atoms with van der Waals surface area (Å²) in [6.45, 7) is 19.7. The van der Waals surface area contributed by atoms with E-state index in [4.69, 9.17) is 44.3 Å². The molecular weight excluding hydrogens is 752 g/mol. The van der Waals surface area contributed by atoms with Gasteiger partial charge in [0, 0.05) is 39.0 Å². The first-order valence-electron chi connectivity index (χ1n) is 20.9. The maximum absolute atomic E-state index is 14.5. The average molecular weight is 829 g/mol. The zero-order valence-corrected chi connectivity index (χ0v) is 37.8. The van der Waals surface area contributed by atoms with Crippen LogP contribution < -0.4 is 0 Å². The Morgan fingerprint density at radius 3 is 2.21 bits per heavy atom. The number of cyclic esters (lactones) is 1. The number of aliphatic hydroxyl groups is 3. The van der Waals surface area contributed by atoms with Gasteiger partial charge >= 0.3 is 11.9 Å². The van der Waals surface area contributed by atoms with Crippen molar-refractivity contribution < 1.29 is 62.8 Å². The molecule has 0 saturated carbocycles. The van der Waals surface area contributed by atoms with E-state index in [-0.39, 0.29) is 43.9 Å². The zero-order valence-electron chi connectivity index (χ0n) is 37.8. The molecule has 3 N–H and O–H groups in total. The third-order valence-electron chi connectivity index (χ3n) is 12.8. The maximum Gasteiger partial charge on any atom is 0.311 e. The quantitative estimate of drug-likeness (QED) is 0.216. The maximum atomic E-state index is 14.5. The summed E-state index contributed by atoms with van der Waals surface area (Å²) in [5.41, 5.74) is -4.32. The summed E-state index contributed by atoms with van der Waals surface area (Å²) in [5.74, 6) is -0.649. The highest BCUT2D eigenvalue weighted by atomic mass is 16.7. The summed E-state index contributed by atoms with van der Waals surface area (Å²) >= 11 is 0. The lowest BCUT2D eigenvalue weighted by Crippen LogP contribution is -2.61. The smallest absolute Gasteiger partial charge is 0.311 e. The topological polar surface area (TPSA) is 175 Å². The molecule has 0 aromatic rings. The first kappa shape index (κ1) is 50.4. The van der Waals surface area contributed by atoms with Gasteiger partial charge in [0.05, 0.1) is 47.6 Å². The number of hydrogen-bond acceptors (Lipinski definition) is 15. The van der Waals surface area contributed by atoms with Crippen LogP contribution in [-0.4, -0.2) is 169 Å². The predicted molar refractivity (Wildman–Crippen MR) is 216 cm³/mol. The van der Waals surface area contributed by atoms with Crippen molar-refractivity contribution in [1.29, 1.82) is 0 Å². The fourth-order valence-electron chi connectivity index (χ4n) is 9.47. The van der Waals surface area contributed by atoms with E-state index >= 15 is 0 Å². The fourth-order valence-corrected chi connectivity index (χ4v) is 9.47. The number of aliphatic hydroxyl groups excluding tert-OH is 1. The number of nitrogens with zero attached hydrogens (tertiary/aromatic N) is 2. The van der Waals surface area contributed by atoms with Crippen LogP contribution in [0.3, 0.4) is 0 Å². The Hall–Kier alpha value is -1.94. The summed E-state index contributed by atoms with van der Waals surface area (Å²) in [6.07, 6.45) is -2.12. The van der Waals surface area contributed by atoms with Gasteiger partial charge < -0.3 is 63.0 Å². The molecule has 3 aliphatic rings. The molecule has 3 rings (SSSR count). The van der Waals surface area contributed by atoms with E-state index in [1.54, 1.807) is 34.6 Å². The predicted octanol–water partition coefficient (Wildman–Crippen LogP) is 3.13. The third kappa shape index (κ3) is 11.9. The average Bonchev–Trinajstić information content (AvgIpc) is 3.12. The van der Waals surface area contributed by atoms with E-state index in [9.17, 15) is 24.9 Å². The molecule has 0 aromatic carbocycles. The third-order valence-corrected chi connectivity index (χ3v) is 12.8. The minimum absolute atomic E-state index is 0.0731. The second-order valence-corrected chi connectivity index (χ2v) is 18.2. The molecule has 18 atom stereocenters. The molecule has 0 bridgehead atoms. The van der Waals surface area contributed by atoms with Crippen LogP contribution >= 0.6 is 0 Å². The molecule has 0 spiro atoms. The normalized spacial score (nSPS) is 45.4. The van der Waals surface area contributed by atoms with Crippen LogP contribution in [0.5, 0.6) is 0 Å². The van der Waals surface area contributed by atoms with E-state index in [1.165, 1.54) is 14.0 Å². The lowest BCUT2D eigenvalue weighted by molar-refractivity contribution is -0.318. The molecule has 58 heavy (non-hydrogen) atoms. The lowest BCUT2D eigenvalue weighted by atomic mass is 9.77. The van der Waals surface area contributed by atoms with Crippen molar-refractivity contribution in [3.63, 3.8) is 0 Å². The van der Waals surface area contributed by atoms with Gasteiger partial charge in [-0.1, -0.05) is 26.7 Å². The number of terminal acetylenes is 1. The number of ether oxygens (including phenoxy) is 8. The van der Waals surface area contributed by atoms with Gasteiger partial charge in [-0.2, -0.15) is 0 Å². The van der Waals surface area contributed by atoms with Crippen LogP contribution in [0.4, 0.5) is 0 Å². The molecule has 3 saturated heterocycles. The molecule has 0 unspecified atom stereocenters. The van der Waals surface area contributed by atoms with Crippen molar-refractivity contribution in [3.05, 3.63) is 0 Å². The van der Waals surface area contributed by atoms with Crippen LogP contribution in [0.15, 0.2) is 0 Å². The van der Waals surface area contributed by atoms with Crippen LogP contribution in [0.2, 0.25) is 0 Å². The number of esters is 2. The Labute approximate surface area is 347 Å². The molecule has 3 aliphatic heterocycles. The van der Waals surface area contributed by atoms with Crippen LogP contribution in [-0.2, 0) is 47.5 Å². The van der Waals surface area contributed by atoms with E-state index in [2.05, 4.69) is 5.92 Å². The van der Waals surface area contributed by atoms with Gasteiger partial charge in [0.25, 0.3) is 0 Å². The van der Waals surface area contributed by atoms with Gasteiger partial charge in [0.2, 0.25) is 0 Å². The highest BCUT2D eigenvalue weighted by molar-refractivity contribution is 5.73. The molecule has 3 fully saturated rings. The van der Waals surface area contributed by atoms with Gasteiger partial charge in [-0.05, 0) is 94.8 Å². The fraction of sp³-hybridized carbons (Fsp3) is 0.907. The Kier molecular flexibility index (Phi) is 18.0. The monoisotopic (exact) mass is 829 g/mol. The van der Waals surface area contributed by atoms with Crippen molar-refractivity contribution in [2.75, 3.05) is 41.4 Å². The standard InChI is InChI=1S/C43H76N2O13/c1-17-19-52-38-28(7)45(15)23-24(3)21-41(10,49)37(58-40-35(55-30(9)46)31(44(13)14)20-25(4)53-40)26(5)34(27(6)39(48)56-32(18-2)43(38,12)50)57-33-22-42(11,51-16)36(47)29(8)54-33/h1,24-29,31-38,40,47,49-50H,18-23H2,2-16H3/t24-,25-,26+,27-,28-,29+,31+,32-,33+,34+,35-,36+,37-,38-,40+,41-,42-,43-/m1/s1. The lowest BCUT2D eigenvalue weighted by Gasteiger charge is -2.49. The molecule has 15 heteroatoms. The first-order chi connectivity index (χ1) is 26.8. The molecular formula is C43H76N2O13. The number of hydrogen-bond donors (Lipinski definition) is 3. The van der Waals surface area contributed by atoms with Crippen molar-refractivity contribution in [3.8, 4) is 12.3 Å². The number of likely N-dealkylation sites (N-methyl/N-ethyl adjacent to an activating group) is 2. The Bertz CT molecular complexity index is 1370. The van der Waals surface area contributed by atoms with E-state index in [0.29, 0.717) is 13.0 Å². The van der Waals surface area contributed by atoms with Gasteiger partial charge in [-0.3, -0.25) is 9.59 Å². The van der Waals surface area contributed by atoms with Crippen LogP contribution in [0, 0.1) is 30.1 Å². The SMILES string of the molecule is C#CCO[C@@H]1[C@@H](C)N(C)C[C@H](C)C[C@@](C)(O)[C@H](O[C@@H]2O[C@H](C)C[C@H](N(C)C)[C@H]2OC(C)=O)[C@@H](C)[C@H](O[C@H]2C[C@@](C)(OC)[C@@H](O)[C@H](C)O2)[C@@H](C)C(=O)O[C@H](CC)[C@@]1(C)O. The summed E-state index contributed by atoms with van der Waals surface area (Å²) in [6, 6.07) is -0.678. The highest BCUT2D eigenvalue weighted by Gasteiger charge is 2.53. The molecule has 0 radical (unpaired) electrons. The molecule has 0 amide bonds. The van der Waals surface area contributed by atoms with Gasteiger partial charge in [-0.25, -0.2) is 0 Å². The van der Waals surface area contributed by atoms with E-state index in [1.807, 2.05) is 65.6 Å². The van der Waals surface area contributed by atoms with Crippen molar-refractivity contribution in [1.82, 2.24) is 9.80 Å². The van der Waals surface area contributed by atoms with E-state index in [0.717, 1.165) is 0 Å². The Morgan fingerprint density at radius 2 is 1.66 bits per heavy atom. The number of methoxy groups -OCH3 is 1.